The molecule has 0 saturated carbocycles. The number of hydrogen-bond acceptors (Lipinski definition) is 6. The van der Waals surface area contributed by atoms with Gasteiger partial charge in [-0.25, -0.2) is 14.4 Å². The molecule has 0 spiro atoms. The lowest BCUT2D eigenvalue weighted by molar-refractivity contribution is 0.190. The van der Waals surface area contributed by atoms with Crippen LogP contribution in [0.5, 0.6) is 0 Å². The van der Waals surface area contributed by atoms with E-state index in [1.54, 1.807) is 19.6 Å². The van der Waals surface area contributed by atoms with Gasteiger partial charge in [0.1, 0.15) is 5.52 Å². The summed E-state index contributed by atoms with van der Waals surface area (Å²) < 4.78 is 27.1. The van der Waals surface area contributed by atoms with Crippen molar-refractivity contribution in [2.24, 2.45) is 0 Å². The van der Waals surface area contributed by atoms with Crippen molar-refractivity contribution in [2.45, 2.75) is 25.7 Å². The molecule has 0 bridgehead atoms. The number of benzene rings is 1. The Kier molecular flexibility index (Phi) is 5.81. The van der Waals surface area contributed by atoms with Crippen molar-refractivity contribution in [3.8, 4) is 11.6 Å². The first-order chi connectivity index (χ1) is 14.2. The van der Waals surface area contributed by atoms with E-state index in [9.17, 15) is 4.39 Å². The Morgan fingerprint density at radius 2 is 2.03 bits per heavy atom. The molecule has 8 heteroatoms. The minimum Gasteiger partial charge on any atom is -0.461 e. The summed E-state index contributed by atoms with van der Waals surface area (Å²) in [6, 6.07) is 13.1. The van der Waals surface area contributed by atoms with Crippen LogP contribution in [0.1, 0.15) is 12.0 Å². The summed E-state index contributed by atoms with van der Waals surface area (Å²) in [5, 5.41) is 2.74. The van der Waals surface area contributed by atoms with Gasteiger partial charge in [0.05, 0.1) is 12.5 Å². The lowest BCUT2D eigenvalue weighted by Gasteiger charge is -2.11. The standard InChI is InChI=1S/C21H22FN5O2/c1-28-11-6-10-27-19-16(24-20(27)17-9-5-12-29-17)14-23-21(26-19)25-18(22)13-15-7-3-2-4-8-15/h2-5,7-9,12,14,18H,6,10-11,13H2,1H3,(H,23,25,26). The summed E-state index contributed by atoms with van der Waals surface area (Å²) in [6.07, 6.45) is 2.91. The maximum Gasteiger partial charge on any atom is 0.227 e. The molecule has 1 unspecified atom stereocenters. The second kappa shape index (κ2) is 8.83. The SMILES string of the molecule is COCCCn1c(-c2ccco2)nc2cnc(NC(F)Cc3ccccc3)nc21. The van der Waals surface area contributed by atoms with Gasteiger partial charge in [0.25, 0.3) is 0 Å². The fourth-order valence-electron chi connectivity index (χ4n) is 3.17. The van der Waals surface area contributed by atoms with Crippen molar-refractivity contribution in [3.63, 3.8) is 0 Å². The minimum absolute atomic E-state index is 0.222. The summed E-state index contributed by atoms with van der Waals surface area (Å²) >= 11 is 0. The monoisotopic (exact) mass is 395 g/mol. The highest BCUT2D eigenvalue weighted by atomic mass is 19.1. The van der Waals surface area contributed by atoms with Crippen molar-refractivity contribution in [1.82, 2.24) is 19.5 Å². The Morgan fingerprint density at radius 3 is 2.79 bits per heavy atom. The number of nitrogens with one attached hydrogen (secondary N) is 1. The van der Waals surface area contributed by atoms with Crippen molar-refractivity contribution in [3.05, 3.63) is 60.5 Å². The average molecular weight is 395 g/mol. The molecule has 0 aliphatic rings. The molecule has 0 aliphatic heterocycles. The average Bonchev–Trinajstić information content (AvgIpc) is 3.37. The molecular formula is C21H22FN5O2. The molecule has 0 fully saturated rings. The van der Waals surface area contributed by atoms with Crippen LogP contribution in [0, 0.1) is 0 Å². The fourth-order valence-corrected chi connectivity index (χ4v) is 3.17. The van der Waals surface area contributed by atoms with Crippen LogP contribution in [-0.2, 0) is 17.7 Å². The third-order valence-electron chi connectivity index (χ3n) is 4.50. The Bertz CT molecular complexity index is 1050. The lowest BCUT2D eigenvalue weighted by Crippen LogP contribution is -2.18. The predicted octanol–water partition coefficient (Wildman–Crippen LogP) is 4.07. The van der Waals surface area contributed by atoms with Gasteiger partial charge in [-0.15, -0.1) is 0 Å². The normalized spacial score (nSPS) is 12.3. The molecule has 4 aromatic rings. The van der Waals surface area contributed by atoms with Crippen LogP contribution in [0.4, 0.5) is 10.3 Å². The number of furan rings is 1. The van der Waals surface area contributed by atoms with E-state index < -0.39 is 6.30 Å². The number of aromatic nitrogens is 4. The summed E-state index contributed by atoms with van der Waals surface area (Å²) in [7, 11) is 1.66. The van der Waals surface area contributed by atoms with Gasteiger partial charge < -0.3 is 19.0 Å². The number of ether oxygens (including phenoxy) is 1. The highest BCUT2D eigenvalue weighted by Gasteiger charge is 2.18. The number of imidazole rings is 1. The number of aryl methyl sites for hydroxylation is 1. The van der Waals surface area contributed by atoms with Gasteiger partial charge in [0, 0.05) is 26.7 Å². The number of halogens is 1. The molecule has 150 valence electrons. The number of nitrogens with zero attached hydrogens (tertiary/aromatic N) is 4. The van der Waals surface area contributed by atoms with E-state index in [1.807, 2.05) is 47.0 Å². The molecule has 1 aromatic carbocycles. The first-order valence-corrected chi connectivity index (χ1v) is 9.45. The lowest BCUT2D eigenvalue weighted by atomic mass is 10.1. The van der Waals surface area contributed by atoms with Crippen molar-refractivity contribution in [1.29, 1.82) is 0 Å². The van der Waals surface area contributed by atoms with Gasteiger partial charge in [-0.1, -0.05) is 30.3 Å². The molecule has 1 N–H and O–H groups in total. The van der Waals surface area contributed by atoms with Gasteiger partial charge in [-0.2, -0.15) is 4.98 Å². The Hall–Kier alpha value is -3.26. The third kappa shape index (κ3) is 4.43. The summed E-state index contributed by atoms with van der Waals surface area (Å²) in [4.78, 5) is 13.4. The predicted molar refractivity (Wildman–Crippen MR) is 108 cm³/mol. The van der Waals surface area contributed by atoms with Crippen LogP contribution in [0.15, 0.2) is 59.3 Å². The van der Waals surface area contributed by atoms with Crippen LogP contribution >= 0.6 is 0 Å². The molecule has 3 heterocycles. The Morgan fingerprint density at radius 1 is 1.17 bits per heavy atom. The van der Waals surface area contributed by atoms with Crippen molar-refractivity contribution in [2.75, 3.05) is 19.0 Å². The largest absolute Gasteiger partial charge is 0.461 e. The van der Waals surface area contributed by atoms with E-state index in [1.165, 1.54) is 0 Å². The van der Waals surface area contributed by atoms with Crippen LogP contribution in [0.3, 0.4) is 0 Å². The highest BCUT2D eigenvalue weighted by molar-refractivity contribution is 5.76. The maximum absolute atomic E-state index is 14.5. The van der Waals surface area contributed by atoms with Crippen molar-refractivity contribution < 1.29 is 13.5 Å². The molecule has 1 atom stereocenters. The van der Waals surface area contributed by atoms with E-state index in [0.29, 0.717) is 35.9 Å². The third-order valence-corrected chi connectivity index (χ3v) is 4.50. The van der Waals surface area contributed by atoms with Crippen LogP contribution < -0.4 is 5.32 Å². The molecule has 0 radical (unpaired) electrons. The topological polar surface area (TPSA) is 78.0 Å². The van der Waals surface area contributed by atoms with Crippen LogP contribution in [0.25, 0.3) is 22.7 Å². The zero-order valence-corrected chi connectivity index (χ0v) is 16.1. The van der Waals surface area contributed by atoms with Gasteiger partial charge in [0.15, 0.2) is 23.5 Å². The maximum atomic E-state index is 14.5. The highest BCUT2D eigenvalue weighted by Crippen LogP contribution is 2.25. The fraction of sp³-hybridized carbons (Fsp3) is 0.286. The summed E-state index contributed by atoms with van der Waals surface area (Å²) in [6.45, 7) is 1.25. The van der Waals surface area contributed by atoms with Crippen LogP contribution in [-0.4, -0.2) is 39.5 Å². The van der Waals surface area contributed by atoms with E-state index in [0.717, 1.165) is 12.0 Å². The first-order valence-electron chi connectivity index (χ1n) is 9.45. The number of methoxy groups -OCH3 is 1. The smallest absolute Gasteiger partial charge is 0.227 e. The van der Waals surface area contributed by atoms with E-state index in [4.69, 9.17) is 9.15 Å². The second-order valence-electron chi connectivity index (χ2n) is 6.61. The van der Waals surface area contributed by atoms with Gasteiger partial charge in [-0.3, -0.25) is 0 Å². The number of anilines is 1. The van der Waals surface area contributed by atoms with Gasteiger partial charge in [-0.05, 0) is 24.1 Å². The van der Waals surface area contributed by atoms with E-state index >= 15 is 0 Å². The number of hydrogen-bond donors (Lipinski definition) is 1. The molecule has 3 aromatic heterocycles. The Balaban J connectivity index is 1.60. The van der Waals surface area contributed by atoms with Crippen molar-refractivity contribution >= 4 is 17.1 Å². The molecule has 4 rings (SSSR count). The molecule has 0 saturated heterocycles. The number of fused-ring (bicyclic) bond motifs is 1. The quantitative estimate of drug-likeness (QED) is 0.340. The zero-order chi connectivity index (χ0) is 20.1. The Labute approximate surface area is 167 Å². The molecule has 0 amide bonds. The molecule has 7 nitrogen and oxygen atoms in total. The van der Waals surface area contributed by atoms with Gasteiger partial charge in [0.2, 0.25) is 5.95 Å². The first kappa shape index (κ1) is 19.1. The summed E-state index contributed by atoms with van der Waals surface area (Å²) in [5.41, 5.74) is 2.15. The zero-order valence-electron chi connectivity index (χ0n) is 16.1. The number of alkyl halides is 1. The molecule has 29 heavy (non-hydrogen) atoms. The van der Waals surface area contributed by atoms with E-state index in [-0.39, 0.29) is 12.4 Å². The minimum atomic E-state index is -1.30. The second-order valence-corrected chi connectivity index (χ2v) is 6.61. The summed E-state index contributed by atoms with van der Waals surface area (Å²) in [5.74, 6) is 1.52. The molecular weight excluding hydrogens is 373 g/mol. The number of rotatable bonds is 9. The van der Waals surface area contributed by atoms with Gasteiger partial charge >= 0.3 is 0 Å². The van der Waals surface area contributed by atoms with Crippen LogP contribution in [0.2, 0.25) is 0 Å². The molecule has 0 aliphatic carbocycles. The van der Waals surface area contributed by atoms with E-state index in [2.05, 4.69) is 20.3 Å².